The quantitative estimate of drug-likeness (QED) is 0.480. The normalized spacial score (nSPS) is 13.1. The number of benzene rings is 1. The van der Waals surface area contributed by atoms with Crippen LogP contribution >= 0.6 is 11.3 Å². The molecule has 0 unspecified atom stereocenters. The molecule has 4 rings (SSSR count). The summed E-state index contributed by atoms with van der Waals surface area (Å²) in [5, 5.41) is 3.14. The van der Waals surface area contributed by atoms with Gasteiger partial charge in [0.05, 0.1) is 11.8 Å². The van der Waals surface area contributed by atoms with Crippen LogP contribution in [0.3, 0.4) is 0 Å². The minimum atomic E-state index is -2.93. The van der Waals surface area contributed by atoms with Crippen LogP contribution in [0.1, 0.15) is 35.5 Å². The van der Waals surface area contributed by atoms with Crippen molar-refractivity contribution in [3.8, 4) is 5.75 Å². The highest BCUT2D eigenvalue weighted by atomic mass is 32.1. The molecule has 1 amide bonds. The minimum Gasteiger partial charge on any atom is -0.456 e. The maximum atomic E-state index is 12.5. The topological polar surface area (TPSA) is 110 Å². The molecule has 8 nitrogen and oxygen atoms in total. The van der Waals surface area contributed by atoms with E-state index in [9.17, 15) is 23.2 Å². The zero-order valence-corrected chi connectivity index (χ0v) is 18.3. The van der Waals surface area contributed by atoms with Gasteiger partial charge in [-0.2, -0.15) is 8.78 Å². The third kappa shape index (κ3) is 5.72. The molecule has 174 valence electrons. The Morgan fingerprint density at radius 1 is 1.18 bits per heavy atom. The molecule has 11 heteroatoms. The van der Waals surface area contributed by atoms with Gasteiger partial charge in [-0.05, 0) is 55.5 Å². The van der Waals surface area contributed by atoms with Gasteiger partial charge < -0.3 is 19.8 Å². The van der Waals surface area contributed by atoms with Crippen molar-refractivity contribution in [2.24, 2.45) is 0 Å². The summed E-state index contributed by atoms with van der Waals surface area (Å²) < 4.78 is 33.5. The second-order valence-electron chi connectivity index (χ2n) is 7.52. The first-order valence-corrected chi connectivity index (χ1v) is 11.2. The van der Waals surface area contributed by atoms with Crippen molar-refractivity contribution in [1.82, 2.24) is 9.97 Å². The summed E-state index contributed by atoms with van der Waals surface area (Å²) in [5.41, 5.74) is 1.25. The Labute approximate surface area is 190 Å². The first-order chi connectivity index (χ1) is 15.9. The number of amides is 1. The molecular weight excluding hydrogens is 456 g/mol. The molecule has 1 aromatic carbocycles. The number of alkyl halides is 2. The molecule has 0 saturated carbocycles. The lowest BCUT2D eigenvalue weighted by atomic mass is 9.97. The number of hydrogen-bond acceptors (Lipinski definition) is 7. The van der Waals surface area contributed by atoms with E-state index in [2.05, 4.69) is 20.0 Å². The Kier molecular flexibility index (Phi) is 6.97. The van der Waals surface area contributed by atoms with Crippen molar-refractivity contribution < 1.29 is 27.8 Å². The van der Waals surface area contributed by atoms with Gasteiger partial charge in [-0.25, -0.2) is 4.98 Å². The molecule has 1 aliphatic carbocycles. The lowest BCUT2D eigenvalue weighted by Crippen LogP contribution is -2.21. The number of fused-ring (bicyclic) bond motifs is 3. The van der Waals surface area contributed by atoms with Crippen molar-refractivity contribution in [2.45, 2.75) is 45.1 Å². The summed E-state index contributed by atoms with van der Waals surface area (Å²) in [4.78, 5) is 45.7. The van der Waals surface area contributed by atoms with Gasteiger partial charge in [-0.15, -0.1) is 11.3 Å². The van der Waals surface area contributed by atoms with Crippen molar-refractivity contribution in [2.75, 3.05) is 11.9 Å². The summed E-state index contributed by atoms with van der Waals surface area (Å²) >= 11 is 1.54. The highest BCUT2D eigenvalue weighted by Crippen LogP contribution is 2.33. The number of carbonyl (C=O) groups excluding carboxylic acids is 2. The molecular formula is C22H21F2N3O5S. The Morgan fingerprint density at radius 2 is 1.94 bits per heavy atom. The average molecular weight is 477 g/mol. The molecule has 33 heavy (non-hydrogen) atoms. The number of aromatic nitrogens is 2. The van der Waals surface area contributed by atoms with Gasteiger partial charge in [0.2, 0.25) is 0 Å². The number of carbonyl (C=O) groups is 2. The fourth-order valence-electron chi connectivity index (χ4n) is 3.68. The number of aryl methyl sites for hydroxylation is 3. The highest BCUT2D eigenvalue weighted by Gasteiger charge is 2.20. The number of esters is 1. The SMILES string of the molecule is O=C(COC(=O)CCc1nc2sc3c(c2c(=O)[nH]1)CCCC3)Nc1ccc(OC(F)F)cc1. The number of anilines is 1. The predicted octanol–water partition coefficient (Wildman–Crippen LogP) is 3.58. The van der Waals surface area contributed by atoms with Gasteiger partial charge in [0.1, 0.15) is 16.4 Å². The molecule has 0 spiro atoms. The van der Waals surface area contributed by atoms with Crippen LogP contribution in [-0.4, -0.2) is 35.1 Å². The van der Waals surface area contributed by atoms with Gasteiger partial charge in [-0.1, -0.05) is 0 Å². The monoisotopic (exact) mass is 477 g/mol. The summed E-state index contributed by atoms with van der Waals surface area (Å²) in [6.07, 6.45) is 4.17. The van der Waals surface area contributed by atoms with E-state index in [0.29, 0.717) is 21.7 Å². The Bertz CT molecular complexity index is 1220. The van der Waals surface area contributed by atoms with Crippen LogP contribution < -0.4 is 15.6 Å². The van der Waals surface area contributed by atoms with Gasteiger partial charge in [0.25, 0.3) is 11.5 Å². The van der Waals surface area contributed by atoms with E-state index in [1.807, 2.05) is 0 Å². The van der Waals surface area contributed by atoms with E-state index in [1.165, 1.54) is 40.5 Å². The van der Waals surface area contributed by atoms with Crippen LogP contribution in [0.5, 0.6) is 5.75 Å². The zero-order valence-electron chi connectivity index (χ0n) is 17.5. The Morgan fingerprint density at radius 3 is 2.70 bits per heavy atom. The zero-order chi connectivity index (χ0) is 23.4. The van der Waals surface area contributed by atoms with Crippen molar-refractivity contribution in [1.29, 1.82) is 0 Å². The minimum absolute atomic E-state index is 0.0398. The Balaban J connectivity index is 1.26. The second kappa shape index (κ2) is 10.1. The lowest BCUT2D eigenvalue weighted by Gasteiger charge is -2.09. The number of hydrogen-bond donors (Lipinski definition) is 2. The second-order valence-corrected chi connectivity index (χ2v) is 8.60. The molecule has 2 aromatic heterocycles. The third-order valence-electron chi connectivity index (χ3n) is 5.17. The molecule has 0 aliphatic heterocycles. The van der Waals surface area contributed by atoms with Crippen LogP contribution in [0.15, 0.2) is 29.1 Å². The van der Waals surface area contributed by atoms with E-state index in [4.69, 9.17) is 4.74 Å². The first kappa shape index (κ1) is 22.8. The van der Waals surface area contributed by atoms with E-state index in [0.717, 1.165) is 31.2 Å². The number of rotatable bonds is 8. The number of halogens is 2. The number of thiophene rings is 1. The van der Waals surface area contributed by atoms with E-state index in [1.54, 1.807) is 0 Å². The summed E-state index contributed by atoms with van der Waals surface area (Å²) in [6, 6.07) is 5.33. The predicted molar refractivity (Wildman–Crippen MR) is 118 cm³/mol. The Hall–Kier alpha value is -3.34. The van der Waals surface area contributed by atoms with Gasteiger partial charge in [0.15, 0.2) is 6.61 Å². The molecule has 0 bridgehead atoms. The lowest BCUT2D eigenvalue weighted by molar-refractivity contribution is -0.147. The molecule has 0 radical (unpaired) electrons. The smallest absolute Gasteiger partial charge is 0.387 e. The number of aromatic amines is 1. The average Bonchev–Trinajstić information content (AvgIpc) is 3.16. The number of ether oxygens (including phenoxy) is 2. The highest BCUT2D eigenvalue weighted by molar-refractivity contribution is 7.18. The van der Waals surface area contributed by atoms with Crippen molar-refractivity contribution in [3.63, 3.8) is 0 Å². The molecule has 0 saturated heterocycles. The largest absolute Gasteiger partial charge is 0.456 e. The summed E-state index contributed by atoms with van der Waals surface area (Å²) in [7, 11) is 0. The van der Waals surface area contributed by atoms with Crippen molar-refractivity contribution in [3.05, 3.63) is 50.9 Å². The van der Waals surface area contributed by atoms with Gasteiger partial charge in [-0.3, -0.25) is 14.4 Å². The van der Waals surface area contributed by atoms with E-state index < -0.39 is 25.1 Å². The summed E-state index contributed by atoms with van der Waals surface area (Å²) in [6.45, 7) is -3.44. The number of H-pyrrole nitrogens is 1. The van der Waals surface area contributed by atoms with E-state index in [-0.39, 0.29) is 24.2 Å². The van der Waals surface area contributed by atoms with Crippen LogP contribution in [0.2, 0.25) is 0 Å². The molecule has 2 heterocycles. The molecule has 3 aromatic rings. The summed E-state index contributed by atoms with van der Waals surface area (Å²) in [5.74, 6) is -0.831. The molecule has 2 N–H and O–H groups in total. The number of nitrogens with zero attached hydrogens (tertiary/aromatic N) is 1. The fourth-order valence-corrected chi connectivity index (χ4v) is 4.96. The maximum absolute atomic E-state index is 12.5. The van der Waals surface area contributed by atoms with Gasteiger partial charge >= 0.3 is 12.6 Å². The first-order valence-electron chi connectivity index (χ1n) is 10.4. The van der Waals surface area contributed by atoms with Gasteiger partial charge in [0, 0.05) is 17.0 Å². The van der Waals surface area contributed by atoms with Crippen LogP contribution in [0, 0.1) is 0 Å². The van der Waals surface area contributed by atoms with E-state index >= 15 is 0 Å². The maximum Gasteiger partial charge on any atom is 0.387 e. The van der Waals surface area contributed by atoms with Crippen LogP contribution in [-0.2, 0) is 33.6 Å². The van der Waals surface area contributed by atoms with Crippen molar-refractivity contribution >= 4 is 39.1 Å². The molecule has 0 atom stereocenters. The molecule has 0 fully saturated rings. The third-order valence-corrected chi connectivity index (χ3v) is 6.35. The van der Waals surface area contributed by atoms with Crippen LogP contribution in [0.4, 0.5) is 14.5 Å². The standard InChI is InChI=1S/C22H21F2N3O5S/c23-22(24)32-13-7-5-12(6-8-13)25-17(28)11-31-18(29)10-9-16-26-20(30)19-14-3-1-2-4-15(14)33-21(19)27-16/h5-8,22H,1-4,9-11H2,(H,25,28)(H,26,27,30). The fraction of sp³-hybridized carbons (Fsp3) is 0.364. The molecule has 1 aliphatic rings. The number of nitrogens with one attached hydrogen (secondary N) is 2. The van der Waals surface area contributed by atoms with Crippen LogP contribution in [0.25, 0.3) is 10.2 Å².